The number of carbonyl (C=O) groups is 1. The van der Waals surface area contributed by atoms with E-state index in [0.29, 0.717) is 12.5 Å². The van der Waals surface area contributed by atoms with Gasteiger partial charge in [-0.15, -0.1) is 0 Å². The number of nitrogens with one attached hydrogen (secondary N) is 1. The summed E-state index contributed by atoms with van der Waals surface area (Å²) in [5, 5.41) is 3.07. The molecule has 2 atom stereocenters. The fraction of sp³-hybridized carbons (Fsp3) is 0.562. The van der Waals surface area contributed by atoms with Crippen molar-refractivity contribution < 1.29 is 9.53 Å². The highest BCUT2D eigenvalue weighted by Gasteiger charge is 2.33. The molecule has 1 aliphatic rings. The number of hydrogen-bond acceptors (Lipinski definition) is 3. The van der Waals surface area contributed by atoms with Gasteiger partial charge in [-0.3, -0.25) is 9.69 Å². The number of hydrogen-bond donors (Lipinski definition) is 1. The number of nitrogens with zero attached hydrogens (tertiary/aromatic N) is 1. The van der Waals surface area contributed by atoms with E-state index in [9.17, 15) is 4.79 Å². The Labute approximate surface area is 121 Å². The van der Waals surface area contributed by atoms with Crippen molar-refractivity contribution >= 4 is 11.6 Å². The van der Waals surface area contributed by atoms with Gasteiger partial charge in [-0.2, -0.15) is 0 Å². The van der Waals surface area contributed by atoms with Gasteiger partial charge in [-0.1, -0.05) is 38.5 Å². The summed E-state index contributed by atoms with van der Waals surface area (Å²) in [4.78, 5) is 14.8. The molecular formula is C16H24N2O2. The molecule has 0 saturated heterocycles. The van der Waals surface area contributed by atoms with Crippen LogP contribution in [0.15, 0.2) is 24.3 Å². The van der Waals surface area contributed by atoms with Gasteiger partial charge in [0.1, 0.15) is 0 Å². The zero-order chi connectivity index (χ0) is 14.5. The van der Waals surface area contributed by atoms with Crippen LogP contribution < -0.4 is 5.32 Å². The van der Waals surface area contributed by atoms with E-state index >= 15 is 0 Å². The van der Waals surface area contributed by atoms with E-state index in [2.05, 4.69) is 30.1 Å². The minimum atomic E-state index is -0.0949. The van der Waals surface area contributed by atoms with Crippen LogP contribution in [0.3, 0.4) is 0 Å². The molecule has 1 aromatic rings. The first-order valence-electron chi connectivity index (χ1n) is 7.29. The summed E-state index contributed by atoms with van der Waals surface area (Å²) in [7, 11) is 1.70. The van der Waals surface area contributed by atoms with E-state index in [-0.39, 0.29) is 11.9 Å². The highest BCUT2D eigenvalue weighted by atomic mass is 16.5. The second kappa shape index (κ2) is 6.86. The molecule has 20 heavy (non-hydrogen) atoms. The third kappa shape index (κ3) is 3.19. The third-order valence-electron chi connectivity index (χ3n) is 4.08. The largest absolute Gasteiger partial charge is 0.383 e. The average Bonchev–Trinajstić information content (AvgIpc) is 2.59. The first kappa shape index (κ1) is 15.0. The Hall–Kier alpha value is -1.39. The fourth-order valence-corrected chi connectivity index (χ4v) is 2.74. The van der Waals surface area contributed by atoms with Gasteiger partial charge in [-0.25, -0.2) is 0 Å². The van der Waals surface area contributed by atoms with Crippen molar-refractivity contribution in [3.05, 3.63) is 29.8 Å². The van der Waals surface area contributed by atoms with Crippen LogP contribution in [0.25, 0.3) is 0 Å². The second-order valence-electron chi connectivity index (χ2n) is 5.44. The molecule has 1 amide bonds. The summed E-state index contributed by atoms with van der Waals surface area (Å²) >= 11 is 0. The lowest BCUT2D eigenvalue weighted by atomic mass is 9.97. The minimum Gasteiger partial charge on any atom is -0.383 e. The minimum absolute atomic E-state index is 0.0949. The molecule has 0 radical (unpaired) electrons. The Morgan fingerprint density at radius 2 is 2.20 bits per heavy atom. The lowest BCUT2D eigenvalue weighted by molar-refractivity contribution is -0.123. The van der Waals surface area contributed by atoms with Gasteiger partial charge in [-0.05, 0) is 17.5 Å². The maximum atomic E-state index is 12.6. The number of amides is 1. The van der Waals surface area contributed by atoms with Gasteiger partial charge < -0.3 is 10.1 Å². The third-order valence-corrected chi connectivity index (χ3v) is 4.08. The Morgan fingerprint density at radius 3 is 2.90 bits per heavy atom. The van der Waals surface area contributed by atoms with Crippen LogP contribution >= 0.6 is 0 Å². The summed E-state index contributed by atoms with van der Waals surface area (Å²) in [5.41, 5.74) is 2.11. The molecule has 4 nitrogen and oxygen atoms in total. The van der Waals surface area contributed by atoms with Gasteiger partial charge in [0.2, 0.25) is 5.91 Å². The van der Waals surface area contributed by atoms with Gasteiger partial charge in [0.15, 0.2) is 0 Å². The Balaban J connectivity index is 2.29. The number of benzene rings is 1. The van der Waals surface area contributed by atoms with Gasteiger partial charge in [0, 0.05) is 25.9 Å². The highest BCUT2D eigenvalue weighted by Crippen LogP contribution is 2.26. The van der Waals surface area contributed by atoms with Crippen molar-refractivity contribution in [1.82, 2.24) is 4.90 Å². The lowest BCUT2D eigenvalue weighted by Crippen LogP contribution is -2.47. The number of carbonyl (C=O) groups excluding carboxylic acids is 1. The van der Waals surface area contributed by atoms with Crippen molar-refractivity contribution in [3.63, 3.8) is 0 Å². The van der Waals surface area contributed by atoms with Crippen molar-refractivity contribution in [2.45, 2.75) is 32.9 Å². The van der Waals surface area contributed by atoms with Gasteiger partial charge in [0.05, 0.1) is 12.6 Å². The maximum Gasteiger partial charge on any atom is 0.242 e. The van der Waals surface area contributed by atoms with Crippen molar-refractivity contribution in [2.24, 2.45) is 5.92 Å². The number of rotatable bonds is 5. The summed E-state index contributed by atoms with van der Waals surface area (Å²) in [6.45, 7) is 6.47. The SMILES string of the molecule is CCC(C)C1C(=O)Nc2ccccc2CN1CCOC. The Morgan fingerprint density at radius 1 is 1.45 bits per heavy atom. The first-order chi connectivity index (χ1) is 9.67. The zero-order valence-electron chi connectivity index (χ0n) is 12.6. The standard InChI is InChI=1S/C16H24N2O2/c1-4-12(2)15-16(19)17-14-8-6-5-7-13(14)11-18(15)9-10-20-3/h5-8,12,15H,4,9-11H2,1-3H3,(H,17,19). The lowest BCUT2D eigenvalue weighted by Gasteiger charge is -2.32. The Bertz CT molecular complexity index is 462. The molecule has 110 valence electrons. The quantitative estimate of drug-likeness (QED) is 0.898. The smallest absolute Gasteiger partial charge is 0.242 e. The number of para-hydroxylation sites is 1. The maximum absolute atomic E-state index is 12.6. The first-order valence-corrected chi connectivity index (χ1v) is 7.29. The van der Waals surface area contributed by atoms with E-state index in [1.807, 2.05) is 18.2 Å². The molecule has 1 N–H and O–H groups in total. The van der Waals surface area contributed by atoms with Gasteiger partial charge in [0.25, 0.3) is 0 Å². The molecule has 0 bridgehead atoms. The molecule has 0 aromatic heterocycles. The normalized spacial score (nSPS) is 20.9. The molecule has 0 aliphatic carbocycles. The zero-order valence-corrected chi connectivity index (χ0v) is 12.6. The predicted molar refractivity (Wildman–Crippen MR) is 80.6 cm³/mol. The van der Waals surface area contributed by atoms with Crippen LogP contribution in [0.4, 0.5) is 5.69 Å². The van der Waals surface area contributed by atoms with Crippen LogP contribution in [0, 0.1) is 5.92 Å². The molecule has 4 heteroatoms. The number of ether oxygens (including phenoxy) is 1. The fourth-order valence-electron chi connectivity index (χ4n) is 2.74. The predicted octanol–water partition coefficient (Wildman–Crippen LogP) is 2.50. The van der Waals surface area contributed by atoms with Crippen molar-refractivity contribution in [2.75, 3.05) is 25.6 Å². The Kier molecular flexibility index (Phi) is 5.15. The summed E-state index contributed by atoms with van der Waals surface area (Å²) < 4.78 is 5.20. The highest BCUT2D eigenvalue weighted by molar-refractivity contribution is 5.96. The van der Waals surface area contributed by atoms with E-state index in [0.717, 1.165) is 25.2 Å². The van der Waals surface area contributed by atoms with Crippen LogP contribution in [0.2, 0.25) is 0 Å². The molecule has 1 aromatic carbocycles. The van der Waals surface area contributed by atoms with Crippen molar-refractivity contribution in [3.8, 4) is 0 Å². The molecule has 1 heterocycles. The van der Waals surface area contributed by atoms with Crippen molar-refractivity contribution in [1.29, 1.82) is 0 Å². The molecule has 2 rings (SSSR count). The molecule has 0 saturated carbocycles. The second-order valence-corrected chi connectivity index (χ2v) is 5.44. The van der Waals surface area contributed by atoms with Crippen LogP contribution in [0.1, 0.15) is 25.8 Å². The number of fused-ring (bicyclic) bond motifs is 1. The molecule has 0 fully saturated rings. The average molecular weight is 276 g/mol. The van der Waals surface area contributed by atoms with Crippen LogP contribution in [-0.4, -0.2) is 37.1 Å². The van der Waals surface area contributed by atoms with E-state index in [1.165, 1.54) is 5.56 Å². The molecular weight excluding hydrogens is 252 g/mol. The number of methoxy groups -OCH3 is 1. The topological polar surface area (TPSA) is 41.6 Å². The van der Waals surface area contributed by atoms with E-state index in [1.54, 1.807) is 7.11 Å². The monoisotopic (exact) mass is 276 g/mol. The number of anilines is 1. The summed E-state index contributed by atoms with van der Waals surface area (Å²) in [6.07, 6.45) is 0.984. The van der Waals surface area contributed by atoms with Crippen LogP contribution in [0.5, 0.6) is 0 Å². The van der Waals surface area contributed by atoms with Gasteiger partial charge >= 0.3 is 0 Å². The van der Waals surface area contributed by atoms with E-state index < -0.39 is 0 Å². The summed E-state index contributed by atoms with van der Waals surface area (Å²) in [6, 6.07) is 7.93. The van der Waals surface area contributed by atoms with E-state index in [4.69, 9.17) is 4.74 Å². The molecule has 1 aliphatic heterocycles. The van der Waals surface area contributed by atoms with Crippen LogP contribution in [-0.2, 0) is 16.1 Å². The molecule has 2 unspecified atom stereocenters. The molecule has 0 spiro atoms. The summed E-state index contributed by atoms with van der Waals surface area (Å²) in [5.74, 6) is 0.418.